The quantitative estimate of drug-likeness (QED) is 0.882. The van der Waals surface area contributed by atoms with Gasteiger partial charge >= 0.3 is 0 Å². The highest BCUT2D eigenvalue weighted by atomic mass is 32.1. The Morgan fingerprint density at radius 3 is 2.94 bits per heavy atom. The number of aromatic nitrogens is 2. The van der Waals surface area contributed by atoms with Crippen LogP contribution in [0.1, 0.15) is 22.4 Å². The van der Waals surface area contributed by atoms with E-state index in [-0.39, 0.29) is 0 Å². The van der Waals surface area contributed by atoms with E-state index in [0.29, 0.717) is 0 Å². The fourth-order valence-corrected chi connectivity index (χ4v) is 2.23. The van der Waals surface area contributed by atoms with Crippen molar-refractivity contribution in [3.05, 3.63) is 40.1 Å². The first kappa shape index (κ1) is 11.1. The molecule has 2 aromatic rings. The number of hydrogen-bond donors (Lipinski definition) is 1. The van der Waals surface area contributed by atoms with Crippen molar-refractivity contribution in [2.24, 2.45) is 0 Å². The zero-order chi connectivity index (χ0) is 11.4. The fraction of sp³-hybridized carbons (Fsp3) is 0.333. The first-order valence-corrected chi connectivity index (χ1v) is 6.19. The van der Waals surface area contributed by atoms with Crippen LogP contribution in [0.3, 0.4) is 0 Å². The van der Waals surface area contributed by atoms with Gasteiger partial charge in [-0.25, -0.2) is 4.98 Å². The normalized spacial score (nSPS) is 10.4. The molecule has 0 saturated carbocycles. The highest BCUT2D eigenvalue weighted by Crippen LogP contribution is 2.17. The molecule has 2 aromatic heterocycles. The summed E-state index contributed by atoms with van der Waals surface area (Å²) in [6, 6.07) is 2.01. The molecule has 0 bridgehead atoms. The number of nitrogens with zero attached hydrogens (tertiary/aromatic N) is 2. The predicted molar refractivity (Wildman–Crippen MR) is 67.8 cm³/mol. The zero-order valence-electron chi connectivity index (χ0n) is 9.53. The van der Waals surface area contributed by atoms with Gasteiger partial charge in [-0.2, -0.15) is 0 Å². The van der Waals surface area contributed by atoms with Gasteiger partial charge in [0.1, 0.15) is 0 Å². The van der Waals surface area contributed by atoms with Gasteiger partial charge in [0.2, 0.25) is 0 Å². The maximum Gasteiger partial charge on any atom is 0.0925 e. The van der Waals surface area contributed by atoms with Crippen LogP contribution < -0.4 is 5.32 Å². The van der Waals surface area contributed by atoms with E-state index in [4.69, 9.17) is 0 Å². The van der Waals surface area contributed by atoms with Crippen LogP contribution in [0.5, 0.6) is 0 Å². The number of nitrogens with one attached hydrogen (secondary N) is 1. The van der Waals surface area contributed by atoms with Crippen LogP contribution >= 0.6 is 11.3 Å². The molecule has 2 heterocycles. The third-order valence-electron chi connectivity index (χ3n) is 2.40. The summed E-state index contributed by atoms with van der Waals surface area (Å²) >= 11 is 1.76. The van der Waals surface area contributed by atoms with Gasteiger partial charge in [0.05, 0.1) is 23.4 Å². The molecule has 0 aliphatic heterocycles. The summed E-state index contributed by atoms with van der Waals surface area (Å²) < 4.78 is 0. The molecule has 4 heteroatoms. The summed E-state index contributed by atoms with van der Waals surface area (Å²) in [5.74, 6) is 0. The van der Waals surface area contributed by atoms with Crippen molar-refractivity contribution >= 4 is 17.0 Å². The Kier molecular flexibility index (Phi) is 3.51. The second kappa shape index (κ2) is 5.07. The molecule has 0 unspecified atom stereocenters. The SMILES string of the molecule is CCc1ncc(CNc2cnccc2C)s1. The molecule has 0 aromatic carbocycles. The molecule has 0 amide bonds. The van der Waals surface area contributed by atoms with E-state index in [9.17, 15) is 0 Å². The summed E-state index contributed by atoms with van der Waals surface area (Å²) in [5.41, 5.74) is 2.31. The Balaban J connectivity index is 1.99. The molecule has 2 rings (SSSR count). The number of aryl methyl sites for hydroxylation is 2. The minimum atomic E-state index is 0.824. The maximum absolute atomic E-state index is 4.33. The van der Waals surface area contributed by atoms with Crippen molar-refractivity contribution in [3.8, 4) is 0 Å². The lowest BCUT2D eigenvalue weighted by Gasteiger charge is -2.06. The molecule has 3 nitrogen and oxygen atoms in total. The Hall–Kier alpha value is -1.42. The number of rotatable bonds is 4. The van der Waals surface area contributed by atoms with Crippen molar-refractivity contribution in [3.63, 3.8) is 0 Å². The van der Waals surface area contributed by atoms with Crippen LogP contribution in [0.15, 0.2) is 24.7 Å². The van der Waals surface area contributed by atoms with Gasteiger partial charge in [0.25, 0.3) is 0 Å². The van der Waals surface area contributed by atoms with E-state index >= 15 is 0 Å². The van der Waals surface area contributed by atoms with Crippen LogP contribution in [0.2, 0.25) is 0 Å². The monoisotopic (exact) mass is 233 g/mol. The Labute approximate surface area is 99.6 Å². The second-order valence-electron chi connectivity index (χ2n) is 3.62. The molecule has 0 fully saturated rings. The van der Waals surface area contributed by atoms with Gasteiger partial charge in [-0.15, -0.1) is 11.3 Å². The standard InChI is InChI=1S/C12H15N3S/c1-3-12-15-7-10(16-12)6-14-11-8-13-5-4-9(11)2/h4-5,7-8,14H,3,6H2,1-2H3. The lowest BCUT2D eigenvalue weighted by Crippen LogP contribution is -1.99. The van der Waals surface area contributed by atoms with Crippen LogP contribution in [0.4, 0.5) is 5.69 Å². The van der Waals surface area contributed by atoms with Crippen molar-refractivity contribution in [2.75, 3.05) is 5.32 Å². The van der Waals surface area contributed by atoms with Gasteiger partial charge in [-0.05, 0) is 25.0 Å². The van der Waals surface area contributed by atoms with Crippen LogP contribution in [-0.2, 0) is 13.0 Å². The third kappa shape index (κ3) is 2.58. The van der Waals surface area contributed by atoms with Gasteiger partial charge in [-0.1, -0.05) is 6.92 Å². The number of pyridine rings is 1. The summed E-state index contributed by atoms with van der Waals surface area (Å²) in [4.78, 5) is 9.70. The molecule has 84 valence electrons. The van der Waals surface area contributed by atoms with E-state index in [1.54, 1.807) is 11.3 Å². The Bertz CT molecular complexity index is 465. The molecule has 0 saturated heterocycles. The summed E-state index contributed by atoms with van der Waals surface area (Å²) in [6.45, 7) is 5.03. The van der Waals surface area contributed by atoms with Crippen molar-refractivity contribution < 1.29 is 0 Å². The molecule has 0 aliphatic rings. The maximum atomic E-state index is 4.33. The first-order valence-electron chi connectivity index (χ1n) is 5.37. The van der Waals surface area contributed by atoms with Crippen LogP contribution in [0, 0.1) is 6.92 Å². The zero-order valence-corrected chi connectivity index (χ0v) is 10.3. The van der Waals surface area contributed by atoms with Crippen LogP contribution in [0.25, 0.3) is 0 Å². The molecule has 0 radical (unpaired) electrons. The van der Waals surface area contributed by atoms with E-state index in [2.05, 4.69) is 29.1 Å². The fourth-order valence-electron chi connectivity index (χ4n) is 1.42. The van der Waals surface area contributed by atoms with E-state index in [1.165, 1.54) is 15.4 Å². The molecule has 0 aliphatic carbocycles. The summed E-state index contributed by atoms with van der Waals surface area (Å²) in [6.07, 6.45) is 6.62. The molecular weight excluding hydrogens is 218 g/mol. The van der Waals surface area contributed by atoms with Gasteiger partial charge in [0.15, 0.2) is 0 Å². The van der Waals surface area contributed by atoms with Crippen molar-refractivity contribution in [2.45, 2.75) is 26.8 Å². The molecule has 0 atom stereocenters. The van der Waals surface area contributed by atoms with Crippen molar-refractivity contribution in [1.82, 2.24) is 9.97 Å². The summed E-state index contributed by atoms with van der Waals surface area (Å²) in [5, 5.41) is 4.57. The van der Waals surface area contributed by atoms with Crippen molar-refractivity contribution in [1.29, 1.82) is 0 Å². The van der Waals surface area contributed by atoms with Gasteiger partial charge < -0.3 is 5.32 Å². The van der Waals surface area contributed by atoms with Crippen LogP contribution in [-0.4, -0.2) is 9.97 Å². The molecule has 16 heavy (non-hydrogen) atoms. The minimum Gasteiger partial charge on any atom is -0.379 e. The largest absolute Gasteiger partial charge is 0.379 e. The molecule has 1 N–H and O–H groups in total. The smallest absolute Gasteiger partial charge is 0.0925 e. The number of thiazole rings is 1. The summed E-state index contributed by atoms with van der Waals surface area (Å²) in [7, 11) is 0. The van der Waals surface area contributed by atoms with Gasteiger partial charge in [-0.3, -0.25) is 4.98 Å². The number of hydrogen-bond acceptors (Lipinski definition) is 4. The van der Waals surface area contributed by atoms with E-state index in [0.717, 1.165) is 18.7 Å². The highest BCUT2D eigenvalue weighted by molar-refractivity contribution is 7.11. The van der Waals surface area contributed by atoms with Gasteiger partial charge in [0, 0.05) is 17.3 Å². The second-order valence-corrected chi connectivity index (χ2v) is 4.82. The average Bonchev–Trinajstić information content (AvgIpc) is 2.76. The molecular formula is C12H15N3S. The first-order chi connectivity index (χ1) is 7.79. The predicted octanol–water partition coefficient (Wildman–Crippen LogP) is 3.02. The average molecular weight is 233 g/mol. The minimum absolute atomic E-state index is 0.824. The number of anilines is 1. The van der Waals surface area contributed by atoms with E-state index in [1.807, 2.05) is 24.7 Å². The molecule has 0 spiro atoms. The lowest BCUT2D eigenvalue weighted by atomic mass is 10.2. The topological polar surface area (TPSA) is 37.8 Å². The Morgan fingerprint density at radius 2 is 2.25 bits per heavy atom. The third-order valence-corrected chi connectivity index (χ3v) is 3.54. The Morgan fingerprint density at radius 1 is 1.38 bits per heavy atom. The lowest BCUT2D eigenvalue weighted by molar-refractivity contribution is 1.08. The highest BCUT2D eigenvalue weighted by Gasteiger charge is 2.01. The van der Waals surface area contributed by atoms with E-state index < -0.39 is 0 Å².